The van der Waals surface area contributed by atoms with Crippen molar-refractivity contribution in [3.8, 4) is 0 Å². The highest BCUT2D eigenvalue weighted by molar-refractivity contribution is 5.32. The van der Waals surface area contributed by atoms with Crippen molar-refractivity contribution in [3.63, 3.8) is 0 Å². The molecule has 2 rings (SSSR count). The molecule has 1 aromatic carbocycles. The molecule has 0 radical (unpaired) electrons. The molecule has 1 atom stereocenters. The topological polar surface area (TPSA) is 21.3 Å². The molecular formula is C12H17NO. The average Bonchev–Trinajstić information content (AvgIpc) is 2.19. The third kappa shape index (κ3) is 1.97. The second-order valence-corrected chi connectivity index (χ2v) is 3.92. The molecule has 0 amide bonds. The number of ether oxygens (including phenoxy) is 1. The highest BCUT2D eigenvalue weighted by Gasteiger charge is 2.16. The van der Waals surface area contributed by atoms with Crippen LogP contribution in [-0.2, 0) is 4.74 Å². The number of nitrogens with one attached hydrogen (secondary N) is 1. The molecule has 0 spiro atoms. The van der Waals surface area contributed by atoms with Gasteiger partial charge >= 0.3 is 0 Å². The van der Waals surface area contributed by atoms with Gasteiger partial charge in [0.1, 0.15) is 0 Å². The lowest BCUT2D eigenvalue weighted by atomic mass is 10.0. The van der Waals surface area contributed by atoms with E-state index in [1.54, 1.807) is 0 Å². The number of morpholine rings is 1. The summed E-state index contributed by atoms with van der Waals surface area (Å²) in [7, 11) is 0. The maximum atomic E-state index is 5.72. The van der Waals surface area contributed by atoms with Crippen LogP contribution in [0.5, 0.6) is 0 Å². The largest absolute Gasteiger partial charge is 0.371 e. The van der Waals surface area contributed by atoms with Crippen LogP contribution in [0, 0.1) is 13.8 Å². The molecule has 2 nitrogen and oxygen atoms in total. The molecule has 1 N–H and O–H groups in total. The molecule has 0 aromatic heterocycles. The quantitative estimate of drug-likeness (QED) is 0.732. The Kier molecular flexibility index (Phi) is 2.85. The summed E-state index contributed by atoms with van der Waals surface area (Å²) >= 11 is 0. The molecule has 1 aliphatic heterocycles. The summed E-state index contributed by atoms with van der Waals surface area (Å²) in [6.07, 6.45) is 0.240. The van der Waals surface area contributed by atoms with Crippen LogP contribution in [0.15, 0.2) is 18.2 Å². The summed E-state index contributed by atoms with van der Waals surface area (Å²) in [6, 6.07) is 6.55. The lowest BCUT2D eigenvalue weighted by molar-refractivity contribution is 0.0273. The molecule has 0 unspecified atom stereocenters. The Morgan fingerprint density at radius 3 is 2.86 bits per heavy atom. The third-order valence-electron chi connectivity index (χ3n) is 2.70. The standard InChI is InChI=1S/C12H17NO/c1-9-3-4-11(10(2)7-9)12-8-13-5-6-14-12/h3-4,7,12-13H,5-6,8H2,1-2H3/t12-/m0/s1. The van der Waals surface area contributed by atoms with Crippen LogP contribution < -0.4 is 5.32 Å². The van der Waals surface area contributed by atoms with E-state index >= 15 is 0 Å². The van der Waals surface area contributed by atoms with Gasteiger partial charge in [0, 0.05) is 13.1 Å². The molecule has 14 heavy (non-hydrogen) atoms. The lowest BCUT2D eigenvalue weighted by Gasteiger charge is -2.25. The van der Waals surface area contributed by atoms with Gasteiger partial charge in [0.15, 0.2) is 0 Å². The molecule has 0 aliphatic carbocycles. The van der Waals surface area contributed by atoms with Crippen LogP contribution in [0.25, 0.3) is 0 Å². The molecule has 1 fully saturated rings. The molecule has 1 heterocycles. The lowest BCUT2D eigenvalue weighted by Crippen LogP contribution is -2.33. The van der Waals surface area contributed by atoms with Gasteiger partial charge in [0.05, 0.1) is 12.7 Å². The minimum Gasteiger partial charge on any atom is -0.371 e. The van der Waals surface area contributed by atoms with Crippen molar-refractivity contribution in [2.75, 3.05) is 19.7 Å². The Hall–Kier alpha value is -0.860. The zero-order chi connectivity index (χ0) is 9.97. The van der Waals surface area contributed by atoms with Gasteiger partial charge in [0.2, 0.25) is 0 Å². The maximum Gasteiger partial charge on any atom is 0.0952 e. The van der Waals surface area contributed by atoms with Crippen LogP contribution in [0.1, 0.15) is 22.8 Å². The summed E-state index contributed by atoms with van der Waals surface area (Å²) < 4.78 is 5.72. The summed E-state index contributed by atoms with van der Waals surface area (Å²) in [6.45, 7) is 7.00. The predicted octanol–water partition coefficient (Wildman–Crippen LogP) is 1.96. The highest BCUT2D eigenvalue weighted by Crippen LogP contribution is 2.22. The van der Waals surface area contributed by atoms with E-state index in [4.69, 9.17) is 4.74 Å². The molecule has 76 valence electrons. The number of benzene rings is 1. The van der Waals surface area contributed by atoms with Crippen molar-refractivity contribution in [3.05, 3.63) is 34.9 Å². The fourth-order valence-electron chi connectivity index (χ4n) is 1.95. The van der Waals surface area contributed by atoms with E-state index in [9.17, 15) is 0 Å². The zero-order valence-corrected chi connectivity index (χ0v) is 8.84. The Labute approximate surface area is 85.3 Å². The SMILES string of the molecule is Cc1ccc([C@@H]2CNCCO2)c(C)c1. The first-order valence-electron chi connectivity index (χ1n) is 5.17. The minimum absolute atomic E-state index is 0.240. The molecule has 1 aromatic rings. The summed E-state index contributed by atoms with van der Waals surface area (Å²) in [5, 5.41) is 3.35. The van der Waals surface area contributed by atoms with Gasteiger partial charge in [-0.15, -0.1) is 0 Å². The molecule has 0 saturated carbocycles. The van der Waals surface area contributed by atoms with Gasteiger partial charge < -0.3 is 10.1 Å². The van der Waals surface area contributed by atoms with Gasteiger partial charge in [0.25, 0.3) is 0 Å². The predicted molar refractivity (Wildman–Crippen MR) is 57.5 cm³/mol. The van der Waals surface area contributed by atoms with Crippen LogP contribution in [0.4, 0.5) is 0 Å². The first-order chi connectivity index (χ1) is 6.77. The normalized spacial score (nSPS) is 22.3. The number of aryl methyl sites for hydroxylation is 2. The van der Waals surface area contributed by atoms with Crippen molar-refractivity contribution in [2.45, 2.75) is 20.0 Å². The molecular weight excluding hydrogens is 174 g/mol. The van der Waals surface area contributed by atoms with Gasteiger partial charge in [-0.25, -0.2) is 0 Å². The van der Waals surface area contributed by atoms with E-state index in [0.717, 1.165) is 19.7 Å². The number of hydrogen-bond acceptors (Lipinski definition) is 2. The average molecular weight is 191 g/mol. The van der Waals surface area contributed by atoms with Crippen LogP contribution in [0.2, 0.25) is 0 Å². The fraction of sp³-hybridized carbons (Fsp3) is 0.500. The zero-order valence-electron chi connectivity index (χ0n) is 8.84. The monoisotopic (exact) mass is 191 g/mol. The minimum atomic E-state index is 0.240. The van der Waals surface area contributed by atoms with E-state index < -0.39 is 0 Å². The molecule has 2 heteroatoms. The van der Waals surface area contributed by atoms with Crippen molar-refractivity contribution in [2.24, 2.45) is 0 Å². The van der Waals surface area contributed by atoms with Crippen LogP contribution in [-0.4, -0.2) is 19.7 Å². The summed E-state index contributed by atoms with van der Waals surface area (Å²) in [5.74, 6) is 0. The van der Waals surface area contributed by atoms with E-state index in [1.807, 2.05) is 0 Å². The van der Waals surface area contributed by atoms with Crippen LogP contribution in [0.3, 0.4) is 0 Å². The van der Waals surface area contributed by atoms with Gasteiger partial charge in [-0.05, 0) is 25.0 Å². The van der Waals surface area contributed by atoms with E-state index in [2.05, 4.69) is 37.4 Å². The van der Waals surface area contributed by atoms with Crippen molar-refractivity contribution >= 4 is 0 Å². The second kappa shape index (κ2) is 4.11. The van der Waals surface area contributed by atoms with E-state index in [-0.39, 0.29) is 6.10 Å². The van der Waals surface area contributed by atoms with Gasteiger partial charge in [-0.3, -0.25) is 0 Å². The molecule has 0 bridgehead atoms. The molecule has 1 saturated heterocycles. The summed E-state index contributed by atoms with van der Waals surface area (Å²) in [5.41, 5.74) is 3.97. The van der Waals surface area contributed by atoms with Gasteiger partial charge in [-0.2, -0.15) is 0 Å². The van der Waals surface area contributed by atoms with Crippen molar-refractivity contribution in [1.82, 2.24) is 5.32 Å². The Morgan fingerprint density at radius 2 is 2.21 bits per heavy atom. The third-order valence-corrected chi connectivity index (χ3v) is 2.70. The van der Waals surface area contributed by atoms with E-state index in [1.165, 1.54) is 16.7 Å². The van der Waals surface area contributed by atoms with Gasteiger partial charge in [-0.1, -0.05) is 23.8 Å². The first-order valence-corrected chi connectivity index (χ1v) is 5.17. The summed E-state index contributed by atoms with van der Waals surface area (Å²) in [4.78, 5) is 0. The smallest absolute Gasteiger partial charge is 0.0952 e. The maximum absolute atomic E-state index is 5.72. The Balaban J connectivity index is 2.22. The number of rotatable bonds is 1. The van der Waals surface area contributed by atoms with E-state index in [0.29, 0.717) is 0 Å². The first kappa shape index (κ1) is 9.69. The fourth-order valence-corrected chi connectivity index (χ4v) is 1.95. The Bertz CT molecular complexity index is 316. The Morgan fingerprint density at radius 1 is 1.36 bits per heavy atom. The van der Waals surface area contributed by atoms with Crippen molar-refractivity contribution < 1.29 is 4.74 Å². The molecule has 1 aliphatic rings. The second-order valence-electron chi connectivity index (χ2n) is 3.92. The van der Waals surface area contributed by atoms with Crippen LogP contribution >= 0.6 is 0 Å². The number of hydrogen-bond donors (Lipinski definition) is 1. The van der Waals surface area contributed by atoms with Crippen molar-refractivity contribution in [1.29, 1.82) is 0 Å². The highest BCUT2D eigenvalue weighted by atomic mass is 16.5.